The van der Waals surface area contributed by atoms with Gasteiger partial charge in [0.2, 0.25) is 0 Å². The lowest BCUT2D eigenvalue weighted by Gasteiger charge is -2.30. The number of hydrogen-bond acceptors (Lipinski definition) is 5. The Labute approximate surface area is 99.2 Å². The molecule has 2 aliphatic heterocycles. The highest BCUT2D eigenvalue weighted by molar-refractivity contribution is 7.91. The van der Waals surface area contributed by atoms with Crippen molar-refractivity contribution < 1.29 is 13.2 Å². The van der Waals surface area contributed by atoms with Gasteiger partial charge in [0.1, 0.15) is 12.1 Å². The minimum atomic E-state index is -3.19. The number of nitrogens with zero attached hydrogens (tertiary/aromatic N) is 1. The molecular formula is C11H12N2O3S. The van der Waals surface area contributed by atoms with Gasteiger partial charge in [-0.25, -0.2) is 13.4 Å². The molecule has 1 spiro atoms. The number of ether oxygens (including phenoxy) is 1. The number of hydrogen-bond donors (Lipinski definition) is 1. The standard InChI is InChI=1S/C11H12N2O3S/c12-10-13-11(7-16-10)5-6-17(14,15)9-4-2-1-3-8(9)11/h1-4H,5-7H2,(H2,12,13). The monoisotopic (exact) mass is 252 g/mol. The summed E-state index contributed by atoms with van der Waals surface area (Å²) in [5.74, 6) is 0.0875. The minimum absolute atomic E-state index is 0.0875. The van der Waals surface area contributed by atoms with Crippen molar-refractivity contribution in [2.45, 2.75) is 16.9 Å². The summed E-state index contributed by atoms with van der Waals surface area (Å²) in [4.78, 5) is 4.65. The summed E-state index contributed by atoms with van der Waals surface area (Å²) in [5.41, 5.74) is 5.64. The van der Waals surface area contributed by atoms with E-state index in [1.165, 1.54) is 0 Å². The normalized spacial score (nSPS) is 29.5. The third kappa shape index (κ3) is 1.44. The smallest absolute Gasteiger partial charge is 0.283 e. The van der Waals surface area contributed by atoms with Gasteiger partial charge in [0.25, 0.3) is 6.02 Å². The van der Waals surface area contributed by atoms with Gasteiger partial charge >= 0.3 is 0 Å². The molecule has 1 aromatic carbocycles. The summed E-state index contributed by atoms with van der Waals surface area (Å²) in [6.45, 7) is 0.325. The Morgan fingerprint density at radius 1 is 1.35 bits per heavy atom. The first-order valence-corrected chi connectivity index (χ1v) is 6.99. The molecule has 3 rings (SSSR count). The Bertz CT molecular complexity index is 609. The molecule has 0 aliphatic carbocycles. The molecule has 1 aromatic rings. The summed E-state index contributed by atoms with van der Waals surface area (Å²) < 4.78 is 29.2. The van der Waals surface area contributed by atoms with Crippen LogP contribution in [0, 0.1) is 0 Å². The molecule has 0 amide bonds. The van der Waals surface area contributed by atoms with Gasteiger partial charge in [-0.15, -0.1) is 0 Å². The van der Waals surface area contributed by atoms with Crippen molar-refractivity contribution in [3.05, 3.63) is 29.8 Å². The molecule has 6 heteroatoms. The second-order valence-corrected chi connectivity index (χ2v) is 6.41. The number of fused-ring (bicyclic) bond motifs is 2. The Balaban J connectivity index is 2.26. The predicted octanol–water partition coefficient (Wildman–Crippen LogP) is 0.404. The molecule has 2 aliphatic rings. The third-order valence-electron chi connectivity index (χ3n) is 3.29. The lowest BCUT2D eigenvalue weighted by atomic mass is 9.88. The van der Waals surface area contributed by atoms with Crippen molar-refractivity contribution in [3.63, 3.8) is 0 Å². The van der Waals surface area contributed by atoms with E-state index in [9.17, 15) is 8.42 Å². The number of sulfone groups is 1. The van der Waals surface area contributed by atoms with E-state index in [1.54, 1.807) is 18.2 Å². The zero-order chi connectivity index (χ0) is 12.1. The van der Waals surface area contributed by atoms with Gasteiger partial charge in [-0.2, -0.15) is 0 Å². The van der Waals surface area contributed by atoms with Crippen LogP contribution in [0.2, 0.25) is 0 Å². The molecule has 0 aromatic heterocycles. The maximum Gasteiger partial charge on any atom is 0.283 e. The molecule has 0 fully saturated rings. The van der Waals surface area contributed by atoms with Gasteiger partial charge in [-0.05, 0) is 12.5 Å². The fraction of sp³-hybridized carbons (Fsp3) is 0.364. The second kappa shape index (κ2) is 3.22. The first kappa shape index (κ1) is 10.6. The van der Waals surface area contributed by atoms with Crippen LogP contribution in [0.3, 0.4) is 0 Å². The molecule has 0 saturated heterocycles. The molecule has 90 valence electrons. The molecule has 1 unspecified atom stereocenters. The van der Waals surface area contributed by atoms with Crippen LogP contribution in [0.4, 0.5) is 0 Å². The molecule has 1 atom stereocenters. The quantitative estimate of drug-likeness (QED) is 0.724. The first-order valence-electron chi connectivity index (χ1n) is 5.34. The summed E-state index contributed by atoms with van der Waals surface area (Å²) >= 11 is 0. The highest BCUT2D eigenvalue weighted by Gasteiger charge is 2.45. The van der Waals surface area contributed by atoms with Crippen molar-refractivity contribution >= 4 is 15.9 Å². The van der Waals surface area contributed by atoms with E-state index < -0.39 is 15.4 Å². The molecule has 0 bridgehead atoms. The number of aliphatic imine (C=N–C) groups is 1. The topological polar surface area (TPSA) is 81.8 Å². The summed E-state index contributed by atoms with van der Waals surface area (Å²) in [7, 11) is -3.19. The van der Waals surface area contributed by atoms with Crippen molar-refractivity contribution in [3.8, 4) is 0 Å². The largest absolute Gasteiger partial charge is 0.462 e. The zero-order valence-corrected chi connectivity index (χ0v) is 9.90. The van der Waals surface area contributed by atoms with Crippen molar-refractivity contribution in [2.24, 2.45) is 10.7 Å². The van der Waals surface area contributed by atoms with Gasteiger partial charge in [0.15, 0.2) is 9.84 Å². The lowest BCUT2D eigenvalue weighted by molar-refractivity contribution is 0.244. The Morgan fingerprint density at radius 2 is 2.12 bits per heavy atom. The SMILES string of the molecule is NC1=NC2(CCS(=O)(=O)c3ccccc32)CO1. The Hall–Kier alpha value is -1.56. The van der Waals surface area contributed by atoms with E-state index in [0.29, 0.717) is 23.5 Å². The maximum absolute atomic E-state index is 12.0. The summed E-state index contributed by atoms with van der Waals surface area (Å²) in [6.07, 6.45) is 0.424. The predicted molar refractivity (Wildman–Crippen MR) is 62.4 cm³/mol. The number of amidine groups is 1. The zero-order valence-electron chi connectivity index (χ0n) is 9.09. The van der Waals surface area contributed by atoms with Crippen LogP contribution >= 0.6 is 0 Å². The second-order valence-electron chi connectivity index (χ2n) is 4.34. The highest BCUT2D eigenvalue weighted by atomic mass is 32.2. The van der Waals surface area contributed by atoms with Crippen LogP contribution in [0.15, 0.2) is 34.2 Å². The van der Waals surface area contributed by atoms with Crippen LogP contribution < -0.4 is 5.73 Å². The van der Waals surface area contributed by atoms with Crippen molar-refractivity contribution in [2.75, 3.05) is 12.4 Å². The van der Waals surface area contributed by atoms with Crippen LogP contribution in [0.1, 0.15) is 12.0 Å². The fourth-order valence-corrected chi connectivity index (χ4v) is 4.11. The van der Waals surface area contributed by atoms with Crippen LogP contribution in [0.25, 0.3) is 0 Å². The third-order valence-corrected chi connectivity index (χ3v) is 5.06. The summed E-state index contributed by atoms with van der Waals surface area (Å²) in [5, 5.41) is 0. The average molecular weight is 252 g/mol. The molecular weight excluding hydrogens is 240 g/mol. The van der Waals surface area contributed by atoms with E-state index >= 15 is 0 Å². The van der Waals surface area contributed by atoms with Gasteiger partial charge in [-0.1, -0.05) is 18.2 Å². The number of benzene rings is 1. The van der Waals surface area contributed by atoms with E-state index in [-0.39, 0.29) is 11.8 Å². The van der Waals surface area contributed by atoms with Gasteiger partial charge in [0, 0.05) is 5.56 Å². The molecule has 2 N–H and O–H groups in total. The van der Waals surface area contributed by atoms with Gasteiger partial charge in [0.05, 0.1) is 10.6 Å². The Kier molecular flexibility index (Phi) is 2.01. The van der Waals surface area contributed by atoms with E-state index in [1.807, 2.05) is 6.07 Å². The maximum atomic E-state index is 12.0. The molecule has 0 saturated carbocycles. The van der Waals surface area contributed by atoms with Crippen LogP contribution in [-0.4, -0.2) is 26.8 Å². The lowest BCUT2D eigenvalue weighted by Crippen LogP contribution is -2.35. The van der Waals surface area contributed by atoms with E-state index in [4.69, 9.17) is 10.5 Å². The fourth-order valence-electron chi connectivity index (χ4n) is 2.40. The minimum Gasteiger partial charge on any atom is -0.462 e. The first-order chi connectivity index (χ1) is 8.04. The van der Waals surface area contributed by atoms with Crippen LogP contribution in [-0.2, 0) is 20.1 Å². The molecule has 5 nitrogen and oxygen atoms in total. The average Bonchev–Trinajstić information content (AvgIpc) is 2.69. The molecule has 2 heterocycles. The van der Waals surface area contributed by atoms with Crippen molar-refractivity contribution in [1.29, 1.82) is 0 Å². The highest BCUT2D eigenvalue weighted by Crippen LogP contribution is 2.42. The van der Waals surface area contributed by atoms with E-state index in [2.05, 4.69) is 4.99 Å². The van der Waals surface area contributed by atoms with Gasteiger partial charge in [-0.3, -0.25) is 0 Å². The van der Waals surface area contributed by atoms with Gasteiger partial charge < -0.3 is 10.5 Å². The molecule has 0 radical (unpaired) electrons. The number of rotatable bonds is 0. The Morgan fingerprint density at radius 3 is 2.82 bits per heavy atom. The van der Waals surface area contributed by atoms with Crippen LogP contribution in [0.5, 0.6) is 0 Å². The van der Waals surface area contributed by atoms with Crippen molar-refractivity contribution in [1.82, 2.24) is 0 Å². The number of nitrogens with two attached hydrogens (primary N) is 1. The molecule has 17 heavy (non-hydrogen) atoms. The summed E-state index contributed by atoms with van der Waals surface area (Å²) in [6, 6.07) is 7.08. The van der Waals surface area contributed by atoms with E-state index in [0.717, 1.165) is 0 Å².